The van der Waals surface area contributed by atoms with E-state index in [2.05, 4.69) is 20.0 Å². The van der Waals surface area contributed by atoms with Crippen LogP contribution < -0.4 is 10.0 Å². The highest BCUT2D eigenvalue weighted by Crippen LogP contribution is 2.21. The van der Waals surface area contributed by atoms with Gasteiger partial charge in [-0.3, -0.25) is 0 Å². The smallest absolute Gasteiger partial charge is 0.241 e. The second-order valence-corrected chi connectivity index (χ2v) is 6.91. The summed E-state index contributed by atoms with van der Waals surface area (Å²) in [5.41, 5.74) is 0. The first-order valence-corrected chi connectivity index (χ1v) is 8.74. The fourth-order valence-corrected chi connectivity index (χ4v) is 4.19. The molecule has 0 atom stereocenters. The first-order chi connectivity index (χ1) is 9.63. The minimum Gasteiger partial charge on any atom is -0.349 e. The molecule has 0 unspecified atom stereocenters. The molecule has 0 aliphatic heterocycles. The molecule has 0 bridgehead atoms. The highest BCUT2D eigenvalue weighted by Gasteiger charge is 2.19. The number of thiophene rings is 1. The summed E-state index contributed by atoms with van der Waals surface area (Å²) in [6.45, 7) is 3.70. The van der Waals surface area contributed by atoms with Crippen LogP contribution in [0.4, 0.5) is 0 Å². The predicted octanol–water partition coefficient (Wildman–Crippen LogP) is 1.10. The number of aromatic amines is 1. The number of aromatic nitrogens is 2. The third kappa shape index (κ3) is 3.89. The minimum atomic E-state index is -3.45. The number of hydrogen-bond acceptors (Lipinski definition) is 5. The Kier molecular flexibility index (Phi) is 5.30. The molecule has 0 saturated carbocycles. The predicted molar refractivity (Wildman–Crippen MR) is 79.2 cm³/mol. The molecule has 0 amide bonds. The highest BCUT2D eigenvalue weighted by molar-refractivity contribution is 7.89. The number of sulfonamides is 1. The molecular formula is C12H18N4O2S2. The van der Waals surface area contributed by atoms with E-state index < -0.39 is 10.0 Å². The van der Waals surface area contributed by atoms with Crippen molar-refractivity contribution < 1.29 is 8.42 Å². The molecule has 0 aliphatic carbocycles. The summed E-state index contributed by atoms with van der Waals surface area (Å²) in [5.74, 6) is 0.769. The number of rotatable bonds is 8. The Bertz CT molecular complexity index is 620. The van der Waals surface area contributed by atoms with Gasteiger partial charge in [0.2, 0.25) is 10.0 Å². The molecule has 2 aromatic rings. The van der Waals surface area contributed by atoms with Gasteiger partial charge >= 0.3 is 0 Å². The Balaban J connectivity index is 1.97. The number of imidazole rings is 1. The molecule has 0 aromatic carbocycles. The zero-order chi connectivity index (χ0) is 14.4. The normalized spacial score (nSPS) is 11.8. The fraction of sp³-hybridized carbons (Fsp3) is 0.417. The molecule has 2 rings (SSSR count). The van der Waals surface area contributed by atoms with Gasteiger partial charge < -0.3 is 10.3 Å². The van der Waals surface area contributed by atoms with Crippen LogP contribution in [-0.4, -0.2) is 31.5 Å². The summed E-state index contributed by atoms with van der Waals surface area (Å²) < 4.78 is 27.1. The lowest BCUT2D eigenvalue weighted by Gasteiger charge is -2.07. The molecule has 3 N–H and O–H groups in total. The van der Waals surface area contributed by atoms with Crippen molar-refractivity contribution in [1.29, 1.82) is 0 Å². The van der Waals surface area contributed by atoms with E-state index in [1.807, 2.05) is 6.92 Å². The monoisotopic (exact) mass is 314 g/mol. The van der Waals surface area contributed by atoms with Crippen LogP contribution in [-0.2, 0) is 23.0 Å². The van der Waals surface area contributed by atoms with Gasteiger partial charge in [0.1, 0.15) is 5.82 Å². The Labute approximate surface area is 122 Å². The molecular weight excluding hydrogens is 296 g/mol. The molecule has 8 heteroatoms. The van der Waals surface area contributed by atoms with Crippen molar-refractivity contribution >= 4 is 21.4 Å². The molecule has 6 nitrogen and oxygen atoms in total. The van der Waals surface area contributed by atoms with Gasteiger partial charge in [-0.25, -0.2) is 18.1 Å². The van der Waals surface area contributed by atoms with Crippen LogP contribution in [0.15, 0.2) is 28.7 Å². The van der Waals surface area contributed by atoms with E-state index >= 15 is 0 Å². The number of nitrogens with zero attached hydrogens (tertiary/aromatic N) is 1. The lowest BCUT2D eigenvalue weighted by atomic mass is 10.4. The Morgan fingerprint density at radius 3 is 3.00 bits per heavy atom. The van der Waals surface area contributed by atoms with Crippen LogP contribution >= 0.6 is 11.3 Å². The first-order valence-electron chi connectivity index (χ1n) is 6.38. The van der Waals surface area contributed by atoms with Crippen LogP contribution in [0, 0.1) is 0 Å². The molecule has 110 valence electrons. The van der Waals surface area contributed by atoms with Crippen molar-refractivity contribution in [2.45, 2.75) is 24.8 Å². The van der Waals surface area contributed by atoms with Gasteiger partial charge in [-0.05, 0) is 18.0 Å². The summed E-state index contributed by atoms with van der Waals surface area (Å²) in [6, 6.07) is 1.65. The van der Waals surface area contributed by atoms with Crippen molar-refractivity contribution in [2.24, 2.45) is 0 Å². The zero-order valence-electron chi connectivity index (χ0n) is 11.2. The third-order valence-electron chi connectivity index (χ3n) is 2.74. The lowest BCUT2D eigenvalue weighted by Crippen LogP contribution is -2.27. The maximum atomic E-state index is 12.2. The average molecular weight is 314 g/mol. The number of hydrogen-bond donors (Lipinski definition) is 3. The van der Waals surface area contributed by atoms with E-state index in [-0.39, 0.29) is 0 Å². The van der Waals surface area contributed by atoms with Crippen molar-refractivity contribution in [3.63, 3.8) is 0 Å². The number of H-pyrrole nitrogens is 1. The first kappa shape index (κ1) is 15.2. The third-order valence-corrected chi connectivity index (χ3v) is 5.33. The number of nitrogens with one attached hydrogen (secondary N) is 3. The van der Waals surface area contributed by atoms with E-state index in [0.29, 0.717) is 24.4 Å². The topological polar surface area (TPSA) is 86.9 Å². The van der Waals surface area contributed by atoms with Crippen LogP contribution in [0.5, 0.6) is 0 Å². The largest absolute Gasteiger partial charge is 0.349 e. The fourth-order valence-electron chi connectivity index (χ4n) is 1.75. The molecule has 0 aliphatic rings. The highest BCUT2D eigenvalue weighted by atomic mass is 32.2. The summed E-state index contributed by atoms with van der Waals surface area (Å²) >= 11 is 1.45. The Morgan fingerprint density at radius 1 is 1.45 bits per heavy atom. The van der Waals surface area contributed by atoms with Crippen molar-refractivity contribution in [3.8, 4) is 0 Å². The summed E-state index contributed by atoms with van der Waals surface area (Å²) in [6.07, 6.45) is 3.91. The standard InChI is InChI=1S/C12H18N4O2S2/c1-2-13-9-10-11(4-8-19-10)20(17,18)16-5-3-12-14-6-7-15-12/h4,6-8,13,16H,2-3,5,9H2,1H3,(H,14,15). The van der Waals surface area contributed by atoms with Gasteiger partial charge in [0.05, 0.1) is 4.90 Å². The summed E-state index contributed by atoms with van der Waals surface area (Å²) in [5, 5.41) is 4.94. The van der Waals surface area contributed by atoms with E-state index in [1.165, 1.54) is 11.3 Å². The van der Waals surface area contributed by atoms with Crippen molar-refractivity contribution in [3.05, 3.63) is 34.5 Å². The molecule has 0 fully saturated rings. The Hall–Kier alpha value is -1.22. The van der Waals surface area contributed by atoms with Gasteiger partial charge in [0.25, 0.3) is 0 Å². The molecule has 0 radical (unpaired) electrons. The van der Waals surface area contributed by atoms with Crippen molar-refractivity contribution in [2.75, 3.05) is 13.1 Å². The summed E-state index contributed by atoms with van der Waals surface area (Å²) in [7, 11) is -3.45. The zero-order valence-corrected chi connectivity index (χ0v) is 12.9. The summed E-state index contributed by atoms with van der Waals surface area (Å²) in [4.78, 5) is 8.20. The average Bonchev–Trinajstić information content (AvgIpc) is 3.07. The molecule has 2 aromatic heterocycles. The molecule has 0 spiro atoms. The van der Waals surface area contributed by atoms with Gasteiger partial charge in [-0.2, -0.15) is 0 Å². The van der Waals surface area contributed by atoms with Crippen LogP contribution in [0.25, 0.3) is 0 Å². The maximum absolute atomic E-state index is 12.2. The second kappa shape index (κ2) is 6.98. The van der Waals surface area contributed by atoms with Crippen molar-refractivity contribution in [1.82, 2.24) is 20.0 Å². The van der Waals surface area contributed by atoms with Crippen LogP contribution in [0.3, 0.4) is 0 Å². The molecule has 20 heavy (non-hydrogen) atoms. The lowest BCUT2D eigenvalue weighted by molar-refractivity contribution is 0.579. The van der Waals surface area contributed by atoms with Crippen LogP contribution in [0.2, 0.25) is 0 Å². The van der Waals surface area contributed by atoms with E-state index in [9.17, 15) is 8.42 Å². The van der Waals surface area contributed by atoms with Gasteiger partial charge in [-0.1, -0.05) is 6.92 Å². The van der Waals surface area contributed by atoms with E-state index in [4.69, 9.17) is 0 Å². The van der Waals surface area contributed by atoms with Gasteiger partial charge in [0, 0.05) is 36.8 Å². The van der Waals surface area contributed by atoms with Gasteiger partial charge in [-0.15, -0.1) is 11.3 Å². The quantitative estimate of drug-likeness (QED) is 0.681. The van der Waals surface area contributed by atoms with Crippen LogP contribution in [0.1, 0.15) is 17.6 Å². The maximum Gasteiger partial charge on any atom is 0.241 e. The molecule has 0 saturated heterocycles. The van der Waals surface area contributed by atoms with E-state index in [1.54, 1.807) is 23.8 Å². The SMILES string of the molecule is CCNCc1sccc1S(=O)(=O)NCCc1ncc[nH]1. The molecule has 2 heterocycles. The second-order valence-electron chi connectivity index (χ2n) is 4.17. The minimum absolute atomic E-state index is 0.326. The van der Waals surface area contributed by atoms with E-state index in [0.717, 1.165) is 17.2 Å². The Morgan fingerprint density at radius 2 is 2.30 bits per heavy atom. The van der Waals surface area contributed by atoms with Gasteiger partial charge in [0.15, 0.2) is 0 Å².